The zero-order valence-corrected chi connectivity index (χ0v) is 17.3. The fraction of sp³-hybridized carbons (Fsp3) is 0.208. The molecule has 0 aliphatic carbocycles. The van der Waals surface area contributed by atoms with Gasteiger partial charge in [0.25, 0.3) is 0 Å². The average Bonchev–Trinajstić information content (AvgIpc) is 3.16. The molecule has 1 unspecified atom stereocenters. The topological polar surface area (TPSA) is 102 Å². The fourth-order valence-electron chi connectivity index (χ4n) is 4.12. The summed E-state index contributed by atoms with van der Waals surface area (Å²) < 4.78 is 0. The van der Waals surface area contributed by atoms with Crippen LogP contribution >= 0.6 is 0 Å². The van der Waals surface area contributed by atoms with Crippen LogP contribution in [0.25, 0.3) is 22.2 Å². The van der Waals surface area contributed by atoms with Crippen molar-refractivity contribution in [2.75, 3.05) is 18.9 Å². The highest BCUT2D eigenvalue weighted by atomic mass is 15.0. The van der Waals surface area contributed by atoms with Crippen molar-refractivity contribution >= 4 is 34.1 Å². The fourth-order valence-corrected chi connectivity index (χ4v) is 4.12. The Bertz CT molecular complexity index is 1130. The first-order valence-electron chi connectivity index (χ1n) is 10.2. The molecule has 2 heterocycles. The summed E-state index contributed by atoms with van der Waals surface area (Å²) in [6.07, 6.45) is 6.09. The van der Waals surface area contributed by atoms with Crippen molar-refractivity contribution in [3.8, 4) is 0 Å². The van der Waals surface area contributed by atoms with Gasteiger partial charge in [0, 0.05) is 65.6 Å². The van der Waals surface area contributed by atoms with Crippen molar-refractivity contribution in [2.24, 2.45) is 5.73 Å². The van der Waals surface area contributed by atoms with Crippen molar-refractivity contribution in [1.29, 1.82) is 5.41 Å². The number of rotatable bonds is 5. The van der Waals surface area contributed by atoms with Crippen LogP contribution in [0.5, 0.6) is 0 Å². The van der Waals surface area contributed by atoms with Gasteiger partial charge < -0.3 is 32.1 Å². The average molecular weight is 401 g/mol. The SMILES string of the molecule is CN/C=C(\C=N)c1ccc2c(c1)C(Nc1cccc3[nH]ccc13)CCN/C2=C(/C)N. The molecule has 1 aromatic heterocycles. The van der Waals surface area contributed by atoms with Crippen molar-refractivity contribution in [3.63, 3.8) is 0 Å². The van der Waals surface area contributed by atoms with Gasteiger partial charge in [-0.15, -0.1) is 0 Å². The Morgan fingerprint density at radius 1 is 1.23 bits per heavy atom. The molecule has 154 valence electrons. The number of hydrogen-bond donors (Lipinski definition) is 6. The minimum Gasteiger partial charge on any atom is -0.401 e. The number of anilines is 1. The van der Waals surface area contributed by atoms with Crippen LogP contribution in [-0.2, 0) is 0 Å². The highest BCUT2D eigenvalue weighted by Crippen LogP contribution is 2.35. The lowest BCUT2D eigenvalue weighted by atomic mass is 9.92. The number of H-pyrrole nitrogens is 1. The summed E-state index contributed by atoms with van der Waals surface area (Å²) in [6.45, 7) is 2.75. The van der Waals surface area contributed by atoms with Crippen LogP contribution in [0.2, 0.25) is 0 Å². The molecule has 2 aromatic carbocycles. The summed E-state index contributed by atoms with van der Waals surface area (Å²) in [6, 6.07) is 14.8. The second-order valence-corrected chi connectivity index (χ2v) is 7.55. The molecular weight excluding hydrogens is 372 g/mol. The predicted molar refractivity (Wildman–Crippen MR) is 126 cm³/mol. The molecule has 6 nitrogen and oxygen atoms in total. The second-order valence-electron chi connectivity index (χ2n) is 7.55. The molecule has 0 amide bonds. The van der Waals surface area contributed by atoms with Gasteiger partial charge >= 0.3 is 0 Å². The number of nitrogens with one attached hydrogen (secondary N) is 5. The third-order valence-corrected chi connectivity index (χ3v) is 5.54. The Kier molecular flexibility index (Phi) is 5.48. The maximum Gasteiger partial charge on any atom is 0.0605 e. The quantitative estimate of drug-likeness (QED) is 0.362. The van der Waals surface area contributed by atoms with E-state index in [9.17, 15) is 0 Å². The molecule has 3 aromatic rings. The van der Waals surface area contributed by atoms with Crippen LogP contribution in [0.1, 0.15) is 36.1 Å². The Hall–Kier alpha value is -3.67. The first-order valence-corrected chi connectivity index (χ1v) is 10.2. The zero-order valence-electron chi connectivity index (χ0n) is 17.3. The van der Waals surface area contributed by atoms with Gasteiger partial charge in [-0.1, -0.05) is 18.2 Å². The van der Waals surface area contributed by atoms with Gasteiger partial charge in [0.1, 0.15) is 0 Å². The highest BCUT2D eigenvalue weighted by Gasteiger charge is 2.23. The number of aromatic nitrogens is 1. The number of aromatic amines is 1. The third-order valence-electron chi connectivity index (χ3n) is 5.54. The molecule has 0 fully saturated rings. The lowest BCUT2D eigenvalue weighted by Crippen LogP contribution is -2.16. The molecular formula is C24H28N6. The Balaban J connectivity index is 1.83. The molecule has 4 rings (SSSR count). The zero-order chi connectivity index (χ0) is 21.1. The van der Waals surface area contributed by atoms with Crippen molar-refractivity contribution in [2.45, 2.75) is 19.4 Å². The molecule has 0 saturated carbocycles. The lowest BCUT2D eigenvalue weighted by Gasteiger charge is -2.22. The van der Waals surface area contributed by atoms with Gasteiger partial charge in [0.15, 0.2) is 0 Å². The van der Waals surface area contributed by atoms with Gasteiger partial charge in [-0.05, 0) is 48.7 Å². The van der Waals surface area contributed by atoms with Gasteiger partial charge in [-0.3, -0.25) is 0 Å². The van der Waals surface area contributed by atoms with Gasteiger partial charge in [-0.25, -0.2) is 0 Å². The molecule has 1 aliphatic heterocycles. The Labute approximate surface area is 176 Å². The number of fused-ring (bicyclic) bond motifs is 2. The molecule has 0 saturated heterocycles. The normalized spacial score (nSPS) is 18.2. The summed E-state index contributed by atoms with van der Waals surface area (Å²) >= 11 is 0. The minimum atomic E-state index is 0.103. The second kappa shape index (κ2) is 8.37. The predicted octanol–water partition coefficient (Wildman–Crippen LogP) is 4.17. The lowest BCUT2D eigenvalue weighted by molar-refractivity contribution is 0.683. The highest BCUT2D eigenvalue weighted by molar-refractivity contribution is 6.08. The largest absolute Gasteiger partial charge is 0.401 e. The molecule has 1 atom stereocenters. The van der Waals surface area contributed by atoms with E-state index >= 15 is 0 Å². The summed E-state index contributed by atoms with van der Waals surface area (Å²) in [5, 5.41) is 19.3. The number of benzene rings is 2. The first kappa shape index (κ1) is 19.6. The monoisotopic (exact) mass is 400 g/mol. The molecule has 30 heavy (non-hydrogen) atoms. The number of hydrogen-bond acceptors (Lipinski definition) is 5. The van der Waals surface area contributed by atoms with Crippen LogP contribution < -0.4 is 21.7 Å². The molecule has 7 N–H and O–H groups in total. The van der Waals surface area contributed by atoms with Crippen molar-refractivity contribution < 1.29 is 0 Å². The maximum absolute atomic E-state index is 7.80. The van der Waals surface area contributed by atoms with Crippen molar-refractivity contribution in [1.82, 2.24) is 15.6 Å². The summed E-state index contributed by atoms with van der Waals surface area (Å²) in [7, 11) is 1.84. The maximum atomic E-state index is 7.80. The van der Waals surface area contributed by atoms with E-state index in [2.05, 4.69) is 57.3 Å². The van der Waals surface area contributed by atoms with E-state index in [1.54, 1.807) is 0 Å². The van der Waals surface area contributed by atoms with E-state index in [0.717, 1.165) is 52.3 Å². The van der Waals surface area contributed by atoms with Crippen LogP contribution in [-0.4, -0.2) is 24.8 Å². The van der Waals surface area contributed by atoms with E-state index < -0.39 is 0 Å². The van der Waals surface area contributed by atoms with E-state index in [1.807, 2.05) is 32.4 Å². The number of nitrogens with two attached hydrogens (primary N) is 1. The Morgan fingerprint density at radius 3 is 2.87 bits per heavy atom. The van der Waals surface area contributed by atoms with Crippen LogP contribution in [0.3, 0.4) is 0 Å². The smallest absolute Gasteiger partial charge is 0.0605 e. The van der Waals surface area contributed by atoms with Gasteiger partial charge in [0.2, 0.25) is 0 Å². The third kappa shape index (κ3) is 3.64. The molecule has 0 spiro atoms. The van der Waals surface area contributed by atoms with E-state index in [0.29, 0.717) is 0 Å². The number of allylic oxidation sites excluding steroid dienone is 2. The van der Waals surface area contributed by atoms with E-state index in [4.69, 9.17) is 11.1 Å². The van der Waals surface area contributed by atoms with E-state index in [-0.39, 0.29) is 6.04 Å². The van der Waals surface area contributed by atoms with Crippen LogP contribution in [0.4, 0.5) is 5.69 Å². The molecule has 0 bridgehead atoms. The first-order chi connectivity index (χ1) is 14.6. The van der Waals surface area contributed by atoms with Crippen LogP contribution in [0, 0.1) is 5.41 Å². The van der Waals surface area contributed by atoms with Crippen molar-refractivity contribution in [3.05, 3.63) is 77.2 Å². The summed E-state index contributed by atoms with van der Waals surface area (Å²) in [5.41, 5.74) is 14.3. The van der Waals surface area contributed by atoms with Crippen LogP contribution in [0.15, 0.2) is 60.6 Å². The molecule has 6 heteroatoms. The Morgan fingerprint density at radius 2 is 2.10 bits per heavy atom. The summed E-state index contributed by atoms with van der Waals surface area (Å²) in [5.74, 6) is 0. The van der Waals surface area contributed by atoms with Gasteiger partial charge in [0.05, 0.1) is 11.7 Å². The standard InChI is InChI=1S/C24H28N6/c1-15(26)24-18-7-6-16(17(13-25)14-27-2)12-20(18)23(9-11-29-24)30-22-5-3-4-21-19(22)8-10-28-21/h3-8,10,12-14,23,25,27-30H,9,11,26H2,1-2H3/b17-14+,24-15-,25-13?. The molecule has 1 aliphatic rings. The summed E-state index contributed by atoms with van der Waals surface area (Å²) in [4.78, 5) is 3.28. The minimum absolute atomic E-state index is 0.103. The van der Waals surface area contributed by atoms with Gasteiger partial charge in [-0.2, -0.15) is 0 Å². The molecule has 0 radical (unpaired) electrons. The van der Waals surface area contributed by atoms with E-state index in [1.165, 1.54) is 17.2 Å².